The Bertz CT molecular complexity index is 585. The van der Waals surface area contributed by atoms with E-state index in [1.165, 1.54) is 6.33 Å². The van der Waals surface area contributed by atoms with Gasteiger partial charge in [0.1, 0.15) is 30.7 Å². The van der Waals surface area contributed by atoms with Crippen molar-refractivity contribution in [3.8, 4) is 11.5 Å². The molecule has 0 spiro atoms. The number of aromatic nitrogens is 8. The molecule has 3 aromatic heterocycles. The third-order valence-corrected chi connectivity index (χ3v) is 2.10. The summed E-state index contributed by atoms with van der Waals surface area (Å²) < 4.78 is 1.65. The minimum atomic E-state index is 0.493. The lowest BCUT2D eigenvalue weighted by atomic mass is 10.4. The molecule has 0 fully saturated rings. The second-order valence-corrected chi connectivity index (χ2v) is 3.29. The summed E-state index contributed by atoms with van der Waals surface area (Å²) in [6, 6.07) is 0. The summed E-state index contributed by atoms with van der Waals surface area (Å²) in [5.41, 5.74) is 0.633. The van der Waals surface area contributed by atoms with Crippen molar-refractivity contribution in [3.05, 3.63) is 37.1 Å². The zero-order valence-electron chi connectivity index (χ0n) is 8.72. The molecule has 3 rings (SSSR count). The Morgan fingerprint density at radius 2 is 2.24 bits per heavy atom. The number of hydrogen-bond acceptors (Lipinski definition) is 6. The average Bonchev–Trinajstić information content (AvgIpc) is 3.02. The van der Waals surface area contributed by atoms with E-state index in [0.717, 1.165) is 0 Å². The molecule has 0 saturated heterocycles. The summed E-state index contributed by atoms with van der Waals surface area (Å²) in [5, 5.41) is 10.9. The standard InChI is InChI=1S/C9H8N8/c1-2-12-7(3-10-1)9-14-8(15-16-9)4-17-6-11-5-13-17/h1-3,5-6H,4H2,(H,14,15,16). The molecule has 8 nitrogen and oxygen atoms in total. The third kappa shape index (κ3) is 2.00. The van der Waals surface area contributed by atoms with Crippen LogP contribution >= 0.6 is 0 Å². The Hall–Kier alpha value is -2.64. The number of H-pyrrole nitrogens is 1. The molecule has 1 N–H and O–H groups in total. The lowest BCUT2D eigenvalue weighted by molar-refractivity contribution is 0.656. The third-order valence-electron chi connectivity index (χ3n) is 2.10. The van der Waals surface area contributed by atoms with E-state index in [-0.39, 0.29) is 0 Å². The molecule has 3 heterocycles. The number of rotatable bonds is 3. The quantitative estimate of drug-likeness (QED) is 0.672. The van der Waals surface area contributed by atoms with E-state index in [4.69, 9.17) is 0 Å². The smallest absolute Gasteiger partial charge is 0.201 e. The highest BCUT2D eigenvalue weighted by Crippen LogP contribution is 2.08. The van der Waals surface area contributed by atoms with Crippen molar-refractivity contribution < 1.29 is 0 Å². The fourth-order valence-electron chi connectivity index (χ4n) is 1.36. The molecule has 0 aliphatic carbocycles. The van der Waals surface area contributed by atoms with Gasteiger partial charge in [0.05, 0.1) is 6.20 Å². The Balaban J connectivity index is 1.84. The SMILES string of the molecule is c1cnc(-c2n[nH]c(Cn3cncn3)n2)cn1. The Labute approximate surface area is 95.8 Å². The van der Waals surface area contributed by atoms with Crippen LogP contribution in [0.2, 0.25) is 0 Å². The van der Waals surface area contributed by atoms with Gasteiger partial charge in [-0.05, 0) is 0 Å². The van der Waals surface area contributed by atoms with Gasteiger partial charge < -0.3 is 0 Å². The van der Waals surface area contributed by atoms with Crippen LogP contribution in [0.1, 0.15) is 5.82 Å². The fraction of sp³-hybridized carbons (Fsp3) is 0.111. The predicted molar refractivity (Wildman–Crippen MR) is 56.5 cm³/mol. The number of nitrogens with one attached hydrogen (secondary N) is 1. The molecule has 84 valence electrons. The minimum Gasteiger partial charge on any atom is -0.261 e. The molecular formula is C9H8N8. The second-order valence-electron chi connectivity index (χ2n) is 3.29. The van der Waals surface area contributed by atoms with Crippen molar-refractivity contribution in [2.75, 3.05) is 0 Å². The first-order chi connectivity index (χ1) is 8.42. The maximum atomic E-state index is 4.30. The van der Waals surface area contributed by atoms with Gasteiger partial charge in [0, 0.05) is 12.4 Å². The highest BCUT2D eigenvalue weighted by atomic mass is 15.3. The van der Waals surface area contributed by atoms with E-state index in [1.807, 2.05) is 0 Å². The summed E-state index contributed by atoms with van der Waals surface area (Å²) >= 11 is 0. The van der Waals surface area contributed by atoms with Crippen LogP contribution in [-0.2, 0) is 6.54 Å². The molecule has 8 heteroatoms. The Morgan fingerprint density at radius 1 is 1.24 bits per heavy atom. The second kappa shape index (κ2) is 4.08. The van der Waals surface area contributed by atoms with E-state index in [9.17, 15) is 0 Å². The highest BCUT2D eigenvalue weighted by Gasteiger charge is 2.07. The summed E-state index contributed by atoms with van der Waals surface area (Å²) in [4.78, 5) is 16.2. The van der Waals surface area contributed by atoms with Gasteiger partial charge in [-0.1, -0.05) is 0 Å². The molecule has 0 saturated carbocycles. The van der Waals surface area contributed by atoms with Crippen LogP contribution in [0.3, 0.4) is 0 Å². The van der Waals surface area contributed by atoms with Crippen LogP contribution in [0.5, 0.6) is 0 Å². The van der Waals surface area contributed by atoms with E-state index < -0.39 is 0 Å². The minimum absolute atomic E-state index is 0.493. The van der Waals surface area contributed by atoms with Crippen LogP contribution < -0.4 is 0 Å². The van der Waals surface area contributed by atoms with Gasteiger partial charge >= 0.3 is 0 Å². The van der Waals surface area contributed by atoms with Crippen LogP contribution in [0, 0.1) is 0 Å². The average molecular weight is 228 g/mol. The molecule has 3 aromatic rings. The van der Waals surface area contributed by atoms with Gasteiger partial charge in [-0.2, -0.15) is 10.2 Å². The van der Waals surface area contributed by atoms with Gasteiger partial charge in [-0.25, -0.2) is 19.6 Å². The maximum absolute atomic E-state index is 4.30. The summed E-state index contributed by atoms with van der Waals surface area (Å²) in [5.74, 6) is 1.21. The van der Waals surface area contributed by atoms with Gasteiger partial charge in [0.2, 0.25) is 5.82 Å². The van der Waals surface area contributed by atoms with Crippen molar-refractivity contribution in [3.63, 3.8) is 0 Å². The zero-order chi connectivity index (χ0) is 11.5. The van der Waals surface area contributed by atoms with Crippen molar-refractivity contribution >= 4 is 0 Å². The summed E-state index contributed by atoms with van der Waals surface area (Å²) in [7, 11) is 0. The van der Waals surface area contributed by atoms with Crippen molar-refractivity contribution in [1.29, 1.82) is 0 Å². The topological polar surface area (TPSA) is 98.1 Å². The first-order valence-electron chi connectivity index (χ1n) is 4.92. The van der Waals surface area contributed by atoms with E-state index in [1.54, 1.807) is 29.6 Å². The first-order valence-corrected chi connectivity index (χ1v) is 4.92. The molecule has 0 aliphatic rings. The van der Waals surface area contributed by atoms with Crippen molar-refractivity contribution in [1.82, 2.24) is 39.9 Å². The van der Waals surface area contributed by atoms with E-state index in [2.05, 4.69) is 35.2 Å². The largest absolute Gasteiger partial charge is 0.261 e. The maximum Gasteiger partial charge on any atom is 0.201 e. The van der Waals surface area contributed by atoms with Gasteiger partial charge in [-0.3, -0.25) is 10.1 Å². The van der Waals surface area contributed by atoms with Crippen LogP contribution in [0.4, 0.5) is 0 Å². The summed E-state index contributed by atoms with van der Waals surface area (Å²) in [6.07, 6.45) is 7.90. The molecule has 0 aliphatic heterocycles. The van der Waals surface area contributed by atoms with E-state index >= 15 is 0 Å². The van der Waals surface area contributed by atoms with Crippen LogP contribution in [0.25, 0.3) is 11.5 Å². The van der Waals surface area contributed by atoms with Crippen LogP contribution in [0.15, 0.2) is 31.2 Å². The van der Waals surface area contributed by atoms with Crippen LogP contribution in [-0.4, -0.2) is 39.9 Å². The predicted octanol–water partition coefficient (Wildman–Crippen LogP) is -0.0985. The number of aromatic amines is 1. The normalized spacial score (nSPS) is 10.6. The van der Waals surface area contributed by atoms with Crippen molar-refractivity contribution in [2.24, 2.45) is 0 Å². The Morgan fingerprint density at radius 3 is 3.00 bits per heavy atom. The van der Waals surface area contributed by atoms with Gasteiger partial charge in [0.15, 0.2) is 0 Å². The molecule has 17 heavy (non-hydrogen) atoms. The first kappa shape index (κ1) is 9.58. The van der Waals surface area contributed by atoms with Crippen molar-refractivity contribution in [2.45, 2.75) is 6.54 Å². The molecule has 0 bridgehead atoms. The summed E-state index contributed by atoms with van der Waals surface area (Å²) in [6.45, 7) is 0.493. The van der Waals surface area contributed by atoms with E-state index in [0.29, 0.717) is 23.9 Å². The Kier molecular flexibility index (Phi) is 2.30. The molecule has 0 aromatic carbocycles. The fourth-order valence-corrected chi connectivity index (χ4v) is 1.36. The lowest BCUT2D eigenvalue weighted by Crippen LogP contribution is -2.01. The monoisotopic (exact) mass is 228 g/mol. The number of nitrogens with zero attached hydrogens (tertiary/aromatic N) is 7. The lowest BCUT2D eigenvalue weighted by Gasteiger charge is -1.94. The van der Waals surface area contributed by atoms with Gasteiger partial charge in [0.25, 0.3) is 0 Å². The zero-order valence-corrected chi connectivity index (χ0v) is 8.72. The highest BCUT2D eigenvalue weighted by molar-refractivity contribution is 5.45. The van der Waals surface area contributed by atoms with Gasteiger partial charge in [-0.15, -0.1) is 0 Å². The molecule has 0 atom stereocenters. The molecule has 0 unspecified atom stereocenters. The number of hydrogen-bond donors (Lipinski definition) is 1. The molecular weight excluding hydrogens is 220 g/mol. The molecule has 0 amide bonds. The molecule has 0 radical (unpaired) electrons.